The zero-order chi connectivity index (χ0) is 9.84. The summed E-state index contributed by atoms with van der Waals surface area (Å²) in [7, 11) is 0. The van der Waals surface area contributed by atoms with E-state index >= 15 is 0 Å². The SMILES string of the molecule is CSCc1ncc(C(C)C)c(C)n1. The average molecular weight is 196 g/mol. The fourth-order valence-corrected chi connectivity index (χ4v) is 1.69. The highest BCUT2D eigenvalue weighted by Gasteiger charge is 2.05. The summed E-state index contributed by atoms with van der Waals surface area (Å²) in [6.07, 6.45) is 4.02. The van der Waals surface area contributed by atoms with Crippen LogP contribution in [0.1, 0.15) is 36.8 Å². The van der Waals surface area contributed by atoms with E-state index in [0.29, 0.717) is 5.92 Å². The van der Waals surface area contributed by atoms with Crippen molar-refractivity contribution in [3.63, 3.8) is 0 Å². The number of rotatable bonds is 3. The molecule has 0 radical (unpaired) electrons. The van der Waals surface area contributed by atoms with Gasteiger partial charge in [-0.15, -0.1) is 0 Å². The van der Waals surface area contributed by atoms with E-state index in [4.69, 9.17) is 0 Å². The second-order valence-electron chi connectivity index (χ2n) is 3.41. The Morgan fingerprint density at radius 3 is 2.62 bits per heavy atom. The molecular formula is C10H16N2S. The number of aromatic nitrogens is 2. The van der Waals surface area contributed by atoms with Gasteiger partial charge in [0.15, 0.2) is 0 Å². The van der Waals surface area contributed by atoms with Crippen LogP contribution in [0.4, 0.5) is 0 Å². The van der Waals surface area contributed by atoms with Crippen molar-refractivity contribution in [2.75, 3.05) is 6.26 Å². The lowest BCUT2D eigenvalue weighted by atomic mass is 10.0. The second-order valence-corrected chi connectivity index (χ2v) is 4.28. The summed E-state index contributed by atoms with van der Waals surface area (Å²) in [5.41, 5.74) is 2.37. The molecule has 3 heteroatoms. The summed E-state index contributed by atoms with van der Waals surface area (Å²) in [4.78, 5) is 8.77. The quantitative estimate of drug-likeness (QED) is 0.743. The predicted molar refractivity (Wildman–Crippen MR) is 58.1 cm³/mol. The molecule has 0 saturated heterocycles. The van der Waals surface area contributed by atoms with Crippen LogP contribution in [0.25, 0.3) is 0 Å². The molecule has 0 spiro atoms. The number of hydrogen-bond acceptors (Lipinski definition) is 3. The van der Waals surface area contributed by atoms with Gasteiger partial charge in [-0.1, -0.05) is 13.8 Å². The van der Waals surface area contributed by atoms with Crippen LogP contribution in [-0.4, -0.2) is 16.2 Å². The van der Waals surface area contributed by atoms with Gasteiger partial charge in [0.2, 0.25) is 0 Å². The molecular weight excluding hydrogens is 180 g/mol. The fraction of sp³-hybridized carbons (Fsp3) is 0.600. The number of hydrogen-bond donors (Lipinski definition) is 0. The Bertz CT molecular complexity index is 284. The van der Waals surface area contributed by atoms with Crippen LogP contribution >= 0.6 is 11.8 Å². The van der Waals surface area contributed by atoms with Crippen molar-refractivity contribution in [1.29, 1.82) is 0 Å². The molecule has 13 heavy (non-hydrogen) atoms. The Hall–Kier alpha value is -0.570. The van der Waals surface area contributed by atoms with Crippen LogP contribution in [-0.2, 0) is 5.75 Å². The largest absolute Gasteiger partial charge is 0.240 e. The van der Waals surface area contributed by atoms with Crippen LogP contribution in [0.5, 0.6) is 0 Å². The molecule has 2 nitrogen and oxygen atoms in total. The first-order valence-electron chi connectivity index (χ1n) is 4.46. The van der Waals surface area contributed by atoms with Gasteiger partial charge in [-0.05, 0) is 24.7 Å². The lowest BCUT2D eigenvalue weighted by molar-refractivity contribution is 0.817. The average Bonchev–Trinajstić information content (AvgIpc) is 2.04. The highest BCUT2D eigenvalue weighted by Crippen LogP contribution is 2.16. The zero-order valence-electron chi connectivity index (χ0n) is 8.66. The van der Waals surface area contributed by atoms with E-state index in [9.17, 15) is 0 Å². The molecule has 1 heterocycles. The summed E-state index contributed by atoms with van der Waals surface area (Å²) < 4.78 is 0. The van der Waals surface area contributed by atoms with Crippen molar-refractivity contribution < 1.29 is 0 Å². The minimum Gasteiger partial charge on any atom is -0.240 e. The van der Waals surface area contributed by atoms with Crippen LogP contribution < -0.4 is 0 Å². The van der Waals surface area contributed by atoms with E-state index in [1.807, 2.05) is 6.20 Å². The first-order valence-corrected chi connectivity index (χ1v) is 5.86. The van der Waals surface area contributed by atoms with Gasteiger partial charge >= 0.3 is 0 Å². The van der Waals surface area contributed by atoms with Crippen molar-refractivity contribution in [1.82, 2.24) is 9.97 Å². The lowest BCUT2D eigenvalue weighted by Gasteiger charge is -2.08. The molecule has 0 aliphatic carbocycles. The Morgan fingerprint density at radius 1 is 1.46 bits per heavy atom. The van der Waals surface area contributed by atoms with E-state index in [0.717, 1.165) is 17.3 Å². The molecule has 0 unspecified atom stereocenters. The van der Waals surface area contributed by atoms with E-state index < -0.39 is 0 Å². The van der Waals surface area contributed by atoms with E-state index in [-0.39, 0.29) is 0 Å². The predicted octanol–water partition coefficient (Wildman–Crippen LogP) is 2.77. The molecule has 0 fully saturated rings. The first-order chi connectivity index (χ1) is 6.15. The lowest BCUT2D eigenvalue weighted by Crippen LogP contribution is -2.01. The van der Waals surface area contributed by atoms with E-state index in [1.54, 1.807) is 11.8 Å². The van der Waals surface area contributed by atoms with E-state index in [2.05, 4.69) is 37.0 Å². The molecule has 0 bridgehead atoms. The first kappa shape index (κ1) is 10.5. The molecule has 0 aliphatic heterocycles. The van der Waals surface area contributed by atoms with Gasteiger partial charge in [-0.3, -0.25) is 0 Å². The highest BCUT2D eigenvalue weighted by molar-refractivity contribution is 7.97. The molecule has 0 aromatic carbocycles. The van der Waals surface area contributed by atoms with Gasteiger partial charge in [0.1, 0.15) is 5.82 Å². The van der Waals surface area contributed by atoms with Gasteiger partial charge in [-0.25, -0.2) is 9.97 Å². The third-order valence-electron chi connectivity index (χ3n) is 1.96. The van der Waals surface area contributed by atoms with Crippen LogP contribution in [0.2, 0.25) is 0 Å². The summed E-state index contributed by atoms with van der Waals surface area (Å²) in [6, 6.07) is 0. The summed E-state index contributed by atoms with van der Waals surface area (Å²) in [5, 5.41) is 0. The van der Waals surface area contributed by atoms with E-state index in [1.165, 1.54) is 5.56 Å². The monoisotopic (exact) mass is 196 g/mol. The zero-order valence-corrected chi connectivity index (χ0v) is 9.48. The van der Waals surface area contributed by atoms with Gasteiger partial charge in [-0.2, -0.15) is 11.8 Å². The topological polar surface area (TPSA) is 25.8 Å². The minimum absolute atomic E-state index is 0.517. The Labute approximate surface area is 84.2 Å². The van der Waals surface area contributed by atoms with Crippen LogP contribution in [0.15, 0.2) is 6.20 Å². The standard InChI is InChI=1S/C10H16N2S/c1-7(2)9-5-11-10(6-13-4)12-8(9)3/h5,7H,6H2,1-4H3. The third kappa shape index (κ3) is 2.69. The Balaban J connectivity index is 2.92. The van der Waals surface area contributed by atoms with Crippen molar-refractivity contribution in [2.45, 2.75) is 32.4 Å². The molecule has 0 N–H and O–H groups in total. The molecule has 0 aliphatic rings. The van der Waals surface area contributed by atoms with Gasteiger partial charge in [0.05, 0.1) is 5.75 Å². The van der Waals surface area contributed by atoms with Crippen molar-refractivity contribution in [3.8, 4) is 0 Å². The maximum absolute atomic E-state index is 4.45. The number of aryl methyl sites for hydroxylation is 1. The van der Waals surface area contributed by atoms with Gasteiger partial charge in [0, 0.05) is 11.9 Å². The van der Waals surface area contributed by atoms with Crippen LogP contribution in [0, 0.1) is 6.92 Å². The fourth-order valence-electron chi connectivity index (χ4n) is 1.29. The maximum Gasteiger partial charge on any atom is 0.138 e. The summed E-state index contributed by atoms with van der Waals surface area (Å²) in [5.74, 6) is 2.36. The number of nitrogens with zero attached hydrogens (tertiary/aromatic N) is 2. The Kier molecular flexibility index (Phi) is 3.72. The second kappa shape index (κ2) is 4.61. The molecule has 0 amide bonds. The van der Waals surface area contributed by atoms with Crippen LogP contribution in [0.3, 0.4) is 0 Å². The van der Waals surface area contributed by atoms with Crippen molar-refractivity contribution in [3.05, 3.63) is 23.3 Å². The minimum atomic E-state index is 0.517. The molecule has 1 rings (SSSR count). The molecule has 72 valence electrons. The van der Waals surface area contributed by atoms with Crippen molar-refractivity contribution >= 4 is 11.8 Å². The summed E-state index contributed by atoms with van der Waals surface area (Å²) >= 11 is 1.75. The smallest absolute Gasteiger partial charge is 0.138 e. The molecule has 1 aromatic heterocycles. The highest BCUT2D eigenvalue weighted by atomic mass is 32.2. The maximum atomic E-state index is 4.45. The Morgan fingerprint density at radius 2 is 2.15 bits per heavy atom. The molecule has 0 saturated carbocycles. The third-order valence-corrected chi connectivity index (χ3v) is 2.51. The normalized spacial score (nSPS) is 10.8. The van der Waals surface area contributed by atoms with Gasteiger partial charge in [0.25, 0.3) is 0 Å². The van der Waals surface area contributed by atoms with Crippen molar-refractivity contribution in [2.24, 2.45) is 0 Å². The number of thioether (sulfide) groups is 1. The summed E-state index contributed by atoms with van der Waals surface area (Å²) in [6.45, 7) is 6.39. The molecule has 1 aromatic rings. The molecule has 0 atom stereocenters. The van der Waals surface area contributed by atoms with Gasteiger partial charge < -0.3 is 0 Å².